The van der Waals surface area contributed by atoms with E-state index in [4.69, 9.17) is 5.11 Å². The Balaban J connectivity index is 2.68. The largest absolute Gasteiger partial charge is 0.480 e. The van der Waals surface area contributed by atoms with Crippen molar-refractivity contribution in [2.75, 3.05) is 37.7 Å². The van der Waals surface area contributed by atoms with Crippen molar-refractivity contribution < 1.29 is 23.1 Å². The summed E-state index contributed by atoms with van der Waals surface area (Å²) in [4.78, 5) is 25.2. The van der Waals surface area contributed by atoms with Gasteiger partial charge >= 0.3 is 12.0 Å². The fourth-order valence-corrected chi connectivity index (χ4v) is 3.08. The summed E-state index contributed by atoms with van der Waals surface area (Å²) >= 11 is 0. The number of carboxylic acid groups (broad SMARTS) is 1. The molecule has 7 nitrogen and oxygen atoms in total. The summed E-state index contributed by atoms with van der Waals surface area (Å²) in [6, 6.07) is -0.406. The molecule has 104 valence electrons. The van der Waals surface area contributed by atoms with Crippen LogP contribution in [0.15, 0.2) is 0 Å². The number of nitrogens with zero attached hydrogens (tertiary/aromatic N) is 2. The fraction of sp³-hybridized carbons (Fsp3) is 0.800. The monoisotopic (exact) mass is 278 g/mol. The fourth-order valence-electron chi connectivity index (χ4n) is 1.81. The molecule has 0 atom stereocenters. The van der Waals surface area contributed by atoms with Gasteiger partial charge in [-0.05, 0) is 13.3 Å². The van der Waals surface area contributed by atoms with Gasteiger partial charge in [-0.25, -0.2) is 13.2 Å². The zero-order chi connectivity index (χ0) is 13.8. The molecule has 1 N–H and O–H groups in total. The van der Waals surface area contributed by atoms with Crippen LogP contribution in [0.3, 0.4) is 0 Å². The number of carbonyl (C=O) groups excluding carboxylic acids is 1. The first-order chi connectivity index (χ1) is 8.35. The average molecular weight is 278 g/mol. The van der Waals surface area contributed by atoms with E-state index in [-0.39, 0.29) is 31.1 Å². The first kappa shape index (κ1) is 14.7. The van der Waals surface area contributed by atoms with Crippen molar-refractivity contribution >= 4 is 21.8 Å². The molecule has 1 fully saturated rings. The van der Waals surface area contributed by atoms with E-state index < -0.39 is 21.8 Å². The van der Waals surface area contributed by atoms with E-state index in [0.29, 0.717) is 13.0 Å². The van der Waals surface area contributed by atoms with Gasteiger partial charge in [0.15, 0.2) is 9.84 Å². The summed E-state index contributed by atoms with van der Waals surface area (Å²) in [6.07, 6.45) is 0.401. The van der Waals surface area contributed by atoms with Crippen molar-refractivity contribution in [2.24, 2.45) is 0 Å². The Bertz CT molecular complexity index is 420. The van der Waals surface area contributed by atoms with Crippen LogP contribution in [0.1, 0.15) is 13.3 Å². The molecule has 2 amide bonds. The number of sulfone groups is 1. The molecule has 0 aromatic carbocycles. The quantitative estimate of drug-likeness (QED) is 0.760. The average Bonchev–Trinajstić information content (AvgIpc) is 2.46. The van der Waals surface area contributed by atoms with Crippen LogP contribution in [0.2, 0.25) is 0 Å². The minimum absolute atomic E-state index is 0.0522. The van der Waals surface area contributed by atoms with E-state index >= 15 is 0 Å². The second-order valence-electron chi connectivity index (χ2n) is 4.18. The number of likely N-dealkylation sites (N-methyl/N-ethyl adjacent to an activating group) is 1. The topological polar surface area (TPSA) is 95.0 Å². The number of aliphatic carboxylic acids is 1. The molecular formula is C10H18N2O5S. The molecular weight excluding hydrogens is 260 g/mol. The smallest absolute Gasteiger partial charge is 0.323 e. The lowest BCUT2D eigenvalue weighted by molar-refractivity contribution is -0.137. The Hall–Kier alpha value is -1.31. The molecule has 0 unspecified atom stereocenters. The molecule has 0 radical (unpaired) electrons. The van der Waals surface area contributed by atoms with E-state index in [1.807, 2.05) is 0 Å². The number of hydrogen-bond acceptors (Lipinski definition) is 4. The highest BCUT2D eigenvalue weighted by molar-refractivity contribution is 7.91. The van der Waals surface area contributed by atoms with Crippen LogP contribution in [-0.4, -0.2) is 73.0 Å². The van der Waals surface area contributed by atoms with Gasteiger partial charge in [0, 0.05) is 19.6 Å². The zero-order valence-corrected chi connectivity index (χ0v) is 11.1. The molecule has 1 saturated heterocycles. The Morgan fingerprint density at radius 2 is 1.94 bits per heavy atom. The summed E-state index contributed by atoms with van der Waals surface area (Å²) in [6.45, 7) is 2.10. The van der Waals surface area contributed by atoms with E-state index in [0.717, 1.165) is 0 Å². The summed E-state index contributed by atoms with van der Waals surface area (Å²) < 4.78 is 22.8. The summed E-state index contributed by atoms with van der Waals surface area (Å²) in [5.41, 5.74) is 0. The maximum Gasteiger partial charge on any atom is 0.323 e. The highest BCUT2D eigenvalue weighted by atomic mass is 32.2. The number of carboxylic acids is 1. The van der Waals surface area contributed by atoms with Gasteiger partial charge in [0.2, 0.25) is 0 Å². The maximum absolute atomic E-state index is 12.0. The van der Waals surface area contributed by atoms with Gasteiger partial charge in [-0.15, -0.1) is 0 Å². The van der Waals surface area contributed by atoms with Crippen LogP contribution in [0, 0.1) is 0 Å². The molecule has 0 aliphatic carbocycles. The number of carbonyl (C=O) groups is 2. The van der Waals surface area contributed by atoms with Crippen molar-refractivity contribution in [3.05, 3.63) is 0 Å². The lowest BCUT2D eigenvalue weighted by atomic mass is 10.4. The van der Waals surface area contributed by atoms with Crippen LogP contribution in [0.4, 0.5) is 4.79 Å². The zero-order valence-electron chi connectivity index (χ0n) is 10.3. The van der Waals surface area contributed by atoms with E-state index in [2.05, 4.69) is 0 Å². The molecule has 1 aliphatic heterocycles. The number of rotatable bonds is 3. The molecule has 0 bridgehead atoms. The Labute approximate surface area is 106 Å². The first-order valence-corrected chi connectivity index (χ1v) is 7.64. The van der Waals surface area contributed by atoms with Crippen LogP contribution in [0.25, 0.3) is 0 Å². The van der Waals surface area contributed by atoms with Crippen molar-refractivity contribution in [2.45, 2.75) is 13.3 Å². The molecule has 1 rings (SSSR count). The Morgan fingerprint density at radius 1 is 1.28 bits per heavy atom. The van der Waals surface area contributed by atoms with Crippen molar-refractivity contribution in [3.8, 4) is 0 Å². The first-order valence-electron chi connectivity index (χ1n) is 5.82. The summed E-state index contributed by atoms with van der Waals surface area (Å²) in [7, 11) is -3.07. The van der Waals surface area contributed by atoms with Crippen LogP contribution in [-0.2, 0) is 14.6 Å². The van der Waals surface area contributed by atoms with E-state index in [1.54, 1.807) is 6.92 Å². The molecule has 0 saturated carbocycles. The van der Waals surface area contributed by atoms with Crippen LogP contribution < -0.4 is 0 Å². The third-order valence-corrected chi connectivity index (χ3v) is 4.52. The van der Waals surface area contributed by atoms with Crippen molar-refractivity contribution in [1.82, 2.24) is 9.80 Å². The third kappa shape index (κ3) is 4.17. The van der Waals surface area contributed by atoms with E-state index in [1.165, 1.54) is 9.80 Å². The minimum atomic E-state index is -3.07. The highest BCUT2D eigenvalue weighted by Gasteiger charge is 2.26. The number of hydrogen-bond donors (Lipinski definition) is 1. The molecule has 0 spiro atoms. The second kappa shape index (κ2) is 6.03. The maximum atomic E-state index is 12.0. The predicted molar refractivity (Wildman–Crippen MR) is 65.1 cm³/mol. The van der Waals surface area contributed by atoms with Crippen LogP contribution >= 0.6 is 0 Å². The summed E-state index contributed by atoms with van der Waals surface area (Å²) in [5, 5.41) is 8.69. The van der Waals surface area contributed by atoms with Gasteiger partial charge in [0.05, 0.1) is 11.5 Å². The molecule has 0 aromatic rings. The normalized spacial score (nSPS) is 19.1. The van der Waals surface area contributed by atoms with Gasteiger partial charge in [-0.3, -0.25) is 4.79 Å². The number of urea groups is 1. The SMILES string of the molecule is CCN(CC(=O)O)C(=O)N1CCCS(=O)(=O)CC1. The van der Waals surface area contributed by atoms with Gasteiger partial charge in [-0.2, -0.15) is 0 Å². The molecule has 8 heteroatoms. The van der Waals surface area contributed by atoms with Gasteiger partial charge < -0.3 is 14.9 Å². The van der Waals surface area contributed by atoms with Crippen molar-refractivity contribution in [1.29, 1.82) is 0 Å². The lowest BCUT2D eigenvalue weighted by Crippen LogP contribution is -2.46. The van der Waals surface area contributed by atoms with Gasteiger partial charge in [0.25, 0.3) is 0 Å². The Morgan fingerprint density at radius 3 is 2.50 bits per heavy atom. The minimum Gasteiger partial charge on any atom is -0.480 e. The lowest BCUT2D eigenvalue weighted by Gasteiger charge is -2.27. The third-order valence-electron chi connectivity index (χ3n) is 2.80. The second-order valence-corrected chi connectivity index (χ2v) is 6.49. The van der Waals surface area contributed by atoms with Crippen LogP contribution in [0.5, 0.6) is 0 Å². The molecule has 1 aliphatic rings. The number of amides is 2. The molecule has 18 heavy (non-hydrogen) atoms. The highest BCUT2D eigenvalue weighted by Crippen LogP contribution is 2.08. The van der Waals surface area contributed by atoms with Crippen molar-refractivity contribution in [3.63, 3.8) is 0 Å². The molecule has 0 aromatic heterocycles. The van der Waals surface area contributed by atoms with Gasteiger partial charge in [0.1, 0.15) is 6.54 Å². The molecule has 1 heterocycles. The van der Waals surface area contributed by atoms with Gasteiger partial charge in [-0.1, -0.05) is 0 Å². The Kier molecular flexibility index (Phi) is 4.94. The standard InChI is InChI=1S/C10H18N2O5S/c1-2-11(8-9(13)14)10(15)12-4-3-6-18(16,17)7-5-12/h2-8H2,1H3,(H,13,14). The summed E-state index contributed by atoms with van der Waals surface area (Å²) in [5.74, 6) is -1.04. The van der Waals surface area contributed by atoms with E-state index in [9.17, 15) is 18.0 Å². The predicted octanol–water partition coefficient (Wildman–Crippen LogP) is -0.367.